The lowest BCUT2D eigenvalue weighted by Crippen LogP contribution is -2.37. The van der Waals surface area contributed by atoms with Gasteiger partial charge >= 0.3 is 0 Å². The second-order valence-electron chi connectivity index (χ2n) is 2.03. The van der Waals surface area contributed by atoms with Crippen molar-refractivity contribution >= 4 is 5.91 Å². The van der Waals surface area contributed by atoms with Crippen molar-refractivity contribution in [2.45, 2.75) is 6.92 Å². The first-order valence-electron chi connectivity index (χ1n) is 2.92. The third-order valence-electron chi connectivity index (χ3n) is 0.952. The molecule has 1 amide bonds. The van der Waals surface area contributed by atoms with E-state index in [1.54, 1.807) is 13.0 Å². The minimum absolute atomic E-state index is 0.250. The molecule has 0 aromatic carbocycles. The van der Waals surface area contributed by atoms with Crippen LogP contribution < -0.4 is 5.84 Å². The molecule has 0 aliphatic rings. The van der Waals surface area contributed by atoms with Crippen LogP contribution in [0, 0.1) is 0 Å². The zero-order valence-electron chi connectivity index (χ0n) is 6.13. The molecule has 3 heteroatoms. The number of nitrogens with two attached hydrogens (primary N) is 1. The molecule has 0 aromatic heterocycles. The van der Waals surface area contributed by atoms with Crippen LogP contribution in [0.5, 0.6) is 0 Å². The van der Waals surface area contributed by atoms with Crippen LogP contribution in [0.15, 0.2) is 24.8 Å². The lowest BCUT2D eigenvalue weighted by Gasteiger charge is -2.13. The molecule has 0 aliphatic heterocycles. The van der Waals surface area contributed by atoms with Crippen molar-refractivity contribution in [2.24, 2.45) is 5.84 Å². The molecule has 0 bridgehead atoms. The summed E-state index contributed by atoms with van der Waals surface area (Å²) in [5.74, 6) is 5.03. The fourth-order valence-electron chi connectivity index (χ4n) is 0.467. The van der Waals surface area contributed by atoms with Crippen molar-refractivity contribution in [3.05, 3.63) is 24.8 Å². The van der Waals surface area contributed by atoms with Crippen LogP contribution in [0.4, 0.5) is 0 Å². The van der Waals surface area contributed by atoms with Crippen LogP contribution in [0.1, 0.15) is 6.92 Å². The van der Waals surface area contributed by atoms with E-state index in [4.69, 9.17) is 5.84 Å². The van der Waals surface area contributed by atoms with Gasteiger partial charge in [-0.2, -0.15) is 0 Å². The summed E-state index contributed by atoms with van der Waals surface area (Å²) in [7, 11) is 0. The van der Waals surface area contributed by atoms with E-state index in [1.807, 2.05) is 0 Å². The minimum atomic E-state index is -0.250. The predicted molar refractivity (Wildman–Crippen MR) is 40.9 cm³/mol. The Morgan fingerprint density at radius 2 is 2.30 bits per heavy atom. The van der Waals surface area contributed by atoms with Crippen LogP contribution in [0.25, 0.3) is 0 Å². The number of hydrogen-bond donors (Lipinski definition) is 1. The maximum Gasteiger partial charge on any atom is 0.263 e. The van der Waals surface area contributed by atoms with E-state index in [0.717, 1.165) is 5.01 Å². The van der Waals surface area contributed by atoms with Gasteiger partial charge in [-0.1, -0.05) is 12.7 Å². The number of carbonyl (C=O) groups excluding carboxylic acids is 1. The third kappa shape index (κ3) is 2.46. The van der Waals surface area contributed by atoms with E-state index < -0.39 is 0 Å². The van der Waals surface area contributed by atoms with Crippen LogP contribution in [-0.2, 0) is 4.79 Å². The van der Waals surface area contributed by atoms with Gasteiger partial charge in [-0.15, -0.1) is 6.58 Å². The van der Waals surface area contributed by atoms with Gasteiger partial charge in [-0.3, -0.25) is 9.80 Å². The number of hydrogen-bond acceptors (Lipinski definition) is 2. The average molecular weight is 140 g/mol. The van der Waals surface area contributed by atoms with Gasteiger partial charge in [0.05, 0.1) is 6.54 Å². The zero-order valence-corrected chi connectivity index (χ0v) is 6.13. The molecule has 0 fully saturated rings. The van der Waals surface area contributed by atoms with Crippen LogP contribution >= 0.6 is 0 Å². The highest BCUT2D eigenvalue weighted by Gasteiger charge is 2.06. The van der Waals surface area contributed by atoms with E-state index in [2.05, 4.69) is 13.2 Å². The van der Waals surface area contributed by atoms with Gasteiger partial charge in [0.1, 0.15) is 0 Å². The molecular weight excluding hydrogens is 128 g/mol. The summed E-state index contributed by atoms with van der Waals surface area (Å²) in [5.41, 5.74) is 0.435. The summed E-state index contributed by atoms with van der Waals surface area (Å²) < 4.78 is 0. The van der Waals surface area contributed by atoms with Gasteiger partial charge in [0.15, 0.2) is 0 Å². The smallest absolute Gasteiger partial charge is 0.263 e. The van der Waals surface area contributed by atoms with Crippen molar-refractivity contribution in [3.8, 4) is 0 Å². The van der Waals surface area contributed by atoms with Gasteiger partial charge in [0.2, 0.25) is 0 Å². The van der Waals surface area contributed by atoms with Crippen LogP contribution in [-0.4, -0.2) is 17.5 Å². The second kappa shape index (κ2) is 3.85. The van der Waals surface area contributed by atoms with E-state index in [9.17, 15) is 4.79 Å². The first-order chi connectivity index (χ1) is 4.59. The summed E-state index contributed by atoms with van der Waals surface area (Å²) in [6.07, 6.45) is 1.56. The molecule has 0 saturated carbocycles. The quantitative estimate of drug-likeness (QED) is 0.203. The second-order valence-corrected chi connectivity index (χ2v) is 2.03. The normalized spacial score (nSPS) is 8.60. The Morgan fingerprint density at radius 1 is 1.80 bits per heavy atom. The Balaban J connectivity index is 3.94. The summed E-state index contributed by atoms with van der Waals surface area (Å²) in [4.78, 5) is 10.9. The monoisotopic (exact) mass is 140 g/mol. The maximum atomic E-state index is 10.9. The molecule has 3 nitrogen and oxygen atoms in total. The highest BCUT2D eigenvalue weighted by Crippen LogP contribution is 1.92. The Morgan fingerprint density at radius 3 is 2.60 bits per heavy atom. The zero-order chi connectivity index (χ0) is 8.15. The van der Waals surface area contributed by atoms with Gasteiger partial charge in [-0.25, -0.2) is 5.84 Å². The number of rotatable bonds is 3. The first-order valence-corrected chi connectivity index (χ1v) is 2.92. The van der Waals surface area contributed by atoms with E-state index >= 15 is 0 Å². The van der Waals surface area contributed by atoms with E-state index in [0.29, 0.717) is 12.1 Å². The summed E-state index contributed by atoms with van der Waals surface area (Å²) in [5, 5.41) is 1.06. The van der Waals surface area contributed by atoms with Gasteiger partial charge in [0, 0.05) is 5.57 Å². The Hall–Kier alpha value is -1.09. The fourth-order valence-corrected chi connectivity index (χ4v) is 0.467. The van der Waals surface area contributed by atoms with E-state index in [-0.39, 0.29) is 5.91 Å². The molecule has 56 valence electrons. The Labute approximate surface area is 60.8 Å². The van der Waals surface area contributed by atoms with Crippen LogP contribution in [0.3, 0.4) is 0 Å². The number of hydrazine groups is 1. The standard InChI is InChI=1S/C7H12N2O/c1-4-5-9(8)7(10)6(2)3/h4H,1-2,5,8H2,3H3. The molecule has 0 heterocycles. The van der Waals surface area contributed by atoms with Crippen LogP contribution in [0.2, 0.25) is 0 Å². The topological polar surface area (TPSA) is 46.3 Å². The van der Waals surface area contributed by atoms with Crippen molar-refractivity contribution in [1.29, 1.82) is 0 Å². The third-order valence-corrected chi connectivity index (χ3v) is 0.952. The molecule has 0 aromatic rings. The molecule has 2 N–H and O–H groups in total. The van der Waals surface area contributed by atoms with Gasteiger partial charge in [0.25, 0.3) is 5.91 Å². The summed E-state index contributed by atoms with van der Waals surface area (Å²) in [6.45, 7) is 8.86. The number of carbonyl (C=O) groups is 1. The minimum Gasteiger partial charge on any atom is -0.273 e. The van der Waals surface area contributed by atoms with Crippen molar-refractivity contribution < 1.29 is 4.79 Å². The highest BCUT2D eigenvalue weighted by atomic mass is 16.2. The van der Waals surface area contributed by atoms with Gasteiger partial charge in [-0.05, 0) is 6.92 Å². The molecule has 0 aliphatic carbocycles. The SMILES string of the molecule is C=CCN(N)C(=O)C(=C)C. The van der Waals surface area contributed by atoms with Crippen molar-refractivity contribution in [2.75, 3.05) is 6.54 Å². The molecule has 0 spiro atoms. The molecule has 0 atom stereocenters. The lowest BCUT2D eigenvalue weighted by molar-refractivity contribution is -0.126. The Kier molecular flexibility index (Phi) is 3.43. The fraction of sp³-hybridized carbons (Fsp3) is 0.286. The number of amides is 1. The molecule has 0 radical (unpaired) electrons. The molecule has 10 heavy (non-hydrogen) atoms. The average Bonchev–Trinajstić information content (AvgIpc) is 1.87. The molecular formula is C7H12N2O. The Bertz CT molecular complexity index is 163. The molecule has 0 unspecified atom stereocenters. The highest BCUT2D eigenvalue weighted by molar-refractivity contribution is 5.91. The van der Waals surface area contributed by atoms with Gasteiger partial charge < -0.3 is 0 Å². The molecule has 0 saturated heterocycles. The number of nitrogens with zero attached hydrogens (tertiary/aromatic N) is 1. The maximum absolute atomic E-state index is 10.9. The predicted octanol–water partition coefficient (Wildman–Crippen LogP) is 0.451. The molecule has 0 rings (SSSR count). The summed E-state index contributed by atoms with van der Waals surface area (Å²) in [6, 6.07) is 0. The van der Waals surface area contributed by atoms with E-state index in [1.165, 1.54) is 0 Å². The first kappa shape index (κ1) is 8.91. The summed E-state index contributed by atoms with van der Waals surface area (Å²) >= 11 is 0. The van der Waals surface area contributed by atoms with Crippen molar-refractivity contribution in [1.82, 2.24) is 5.01 Å². The lowest BCUT2D eigenvalue weighted by atomic mass is 10.3. The van der Waals surface area contributed by atoms with Crippen molar-refractivity contribution in [3.63, 3.8) is 0 Å². The largest absolute Gasteiger partial charge is 0.273 e.